The van der Waals surface area contributed by atoms with Crippen molar-refractivity contribution in [2.45, 2.75) is 49.5 Å². The van der Waals surface area contributed by atoms with Gasteiger partial charge in [-0.3, -0.25) is 4.98 Å². The molecule has 0 radical (unpaired) electrons. The number of hydrogen-bond donors (Lipinski definition) is 3. The number of nitrogens with one attached hydrogen (secondary N) is 1. The molecule has 3 aliphatic carbocycles. The first-order valence-corrected chi connectivity index (χ1v) is 10.7. The van der Waals surface area contributed by atoms with Gasteiger partial charge in [-0.15, -0.1) is 0 Å². The van der Waals surface area contributed by atoms with Crippen LogP contribution in [0, 0.1) is 0 Å². The highest BCUT2D eigenvalue weighted by molar-refractivity contribution is 5.95. The van der Waals surface area contributed by atoms with E-state index in [1.165, 1.54) is 0 Å². The number of aryl methyl sites for hydroxylation is 1. The van der Waals surface area contributed by atoms with Gasteiger partial charge < -0.3 is 20.6 Å². The molecule has 31 heavy (non-hydrogen) atoms. The fraction of sp³-hybridized carbons (Fsp3) is 0.375. The summed E-state index contributed by atoms with van der Waals surface area (Å²) in [6, 6.07) is 5.78. The van der Waals surface area contributed by atoms with E-state index in [1.54, 1.807) is 13.3 Å². The van der Waals surface area contributed by atoms with Gasteiger partial charge >= 0.3 is 5.97 Å². The van der Waals surface area contributed by atoms with Crippen LogP contribution in [-0.2, 0) is 18.3 Å². The zero-order chi connectivity index (χ0) is 21.4. The number of carboxylic acids is 1. The highest BCUT2D eigenvalue weighted by Crippen LogP contribution is 2.64. The van der Waals surface area contributed by atoms with E-state index in [0.29, 0.717) is 17.9 Å². The number of carbonyl (C=O) groups is 1. The van der Waals surface area contributed by atoms with E-state index in [4.69, 9.17) is 10.5 Å². The Labute approximate surface area is 179 Å². The molecule has 0 bridgehead atoms. The van der Waals surface area contributed by atoms with Crippen LogP contribution in [-0.4, -0.2) is 38.7 Å². The molecule has 0 spiro atoms. The van der Waals surface area contributed by atoms with E-state index in [-0.39, 0.29) is 11.0 Å². The van der Waals surface area contributed by atoms with Crippen LogP contribution < -0.4 is 10.5 Å². The third kappa shape index (κ3) is 2.59. The molecule has 0 aromatic carbocycles. The fourth-order valence-electron chi connectivity index (χ4n) is 5.33. The number of H-pyrrole nitrogens is 1. The molecular formula is C24H24N4O3. The molecule has 0 aliphatic heterocycles. The minimum absolute atomic E-state index is 0.214. The van der Waals surface area contributed by atoms with Crippen LogP contribution in [0.1, 0.15) is 52.9 Å². The number of rotatable bonds is 5. The average molecular weight is 416 g/mol. The first kappa shape index (κ1) is 18.6. The molecule has 6 rings (SSSR count). The molecule has 2 fully saturated rings. The van der Waals surface area contributed by atoms with Gasteiger partial charge in [0.05, 0.1) is 24.1 Å². The summed E-state index contributed by atoms with van der Waals surface area (Å²) in [4.78, 5) is 24.8. The zero-order valence-electron chi connectivity index (χ0n) is 17.4. The Balaban J connectivity index is 1.49. The lowest BCUT2D eigenvalue weighted by molar-refractivity contribution is 0.0693. The average Bonchev–Trinajstić information content (AvgIpc) is 3.71. The van der Waals surface area contributed by atoms with Crippen molar-refractivity contribution in [1.29, 1.82) is 0 Å². The lowest BCUT2D eigenvalue weighted by atomic mass is 9.85. The van der Waals surface area contributed by atoms with Crippen LogP contribution in [0.3, 0.4) is 0 Å². The van der Waals surface area contributed by atoms with Gasteiger partial charge in [-0.25, -0.2) is 9.78 Å². The largest absolute Gasteiger partial charge is 0.481 e. The predicted octanol–water partition coefficient (Wildman–Crippen LogP) is 3.47. The normalized spacial score (nSPS) is 19.3. The monoisotopic (exact) mass is 416 g/mol. The van der Waals surface area contributed by atoms with Crippen LogP contribution in [0.2, 0.25) is 0 Å². The van der Waals surface area contributed by atoms with Crippen molar-refractivity contribution < 1.29 is 14.6 Å². The Hall–Kier alpha value is -3.19. The third-order valence-corrected chi connectivity index (χ3v) is 7.43. The maximum atomic E-state index is 12.3. The van der Waals surface area contributed by atoms with Crippen LogP contribution in [0.5, 0.6) is 5.88 Å². The summed E-state index contributed by atoms with van der Waals surface area (Å²) in [5.41, 5.74) is 13.1. The number of hydrogen-bond acceptors (Lipinski definition) is 5. The van der Waals surface area contributed by atoms with Crippen molar-refractivity contribution in [2.75, 3.05) is 7.11 Å². The second-order valence-corrected chi connectivity index (χ2v) is 9.09. The Morgan fingerprint density at radius 2 is 1.97 bits per heavy atom. The minimum Gasteiger partial charge on any atom is -0.481 e. The molecule has 3 aliphatic rings. The zero-order valence-corrected chi connectivity index (χ0v) is 17.4. The van der Waals surface area contributed by atoms with E-state index in [0.717, 1.165) is 71.4 Å². The van der Waals surface area contributed by atoms with Gasteiger partial charge in [-0.2, -0.15) is 0 Å². The Kier molecular flexibility index (Phi) is 3.69. The fourth-order valence-corrected chi connectivity index (χ4v) is 5.33. The number of pyridine rings is 2. The number of ether oxygens (including phenoxy) is 1. The number of aromatic carboxylic acids is 1. The molecule has 0 unspecified atom stereocenters. The van der Waals surface area contributed by atoms with E-state index < -0.39 is 5.97 Å². The van der Waals surface area contributed by atoms with Crippen molar-refractivity contribution in [3.05, 3.63) is 53.0 Å². The second-order valence-electron chi connectivity index (χ2n) is 9.09. The van der Waals surface area contributed by atoms with E-state index >= 15 is 0 Å². The second kappa shape index (κ2) is 6.17. The maximum Gasteiger partial charge on any atom is 0.337 e. The van der Waals surface area contributed by atoms with E-state index in [9.17, 15) is 9.90 Å². The molecule has 158 valence electrons. The topological polar surface area (TPSA) is 114 Å². The molecule has 0 atom stereocenters. The molecule has 7 nitrogen and oxygen atoms in total. The van der Waals surface area contributed by atoms with Crippen molar-refractivity contribution in [2.24, 2.45) is 5.73 Å². The van der Waals surface area contributed by atoms with E-state index in [2.05, 4.69) is 15.0 Å². The molecule has 3 heterocycles. The number of fused-ring (bicyclic) bond motifs is 3. The number of aromatic nitrogens is 3. The Morgan fingerprint density at radius 1 is 1.16 bits per heavy atom. The standard InChI is InChI=1S/C24H24N4O3/c1-31-18-5-3-14(12-27-18)17-10-16-13(11-26-17)2-4-15-19(22(29)30)21(28-20(15)16)23(6-7-23)24(25)8-9-24/h3,5,10-12,28H,2,4,6-9,25H2,1H3,(H,29,30). The van der Waals surface area contributed by atoms with Crippen molar-refractivity contribution in [3.63, 3.8) is 0 Å². The molecule has 7 heteroatoms. The summed E-state index contributed by atoms with van der Waals surface area (Å²) in [7, 11) is 1.59. The summed E-state index contributed by atoms with van der Waals surface area (Å²) in [6.07, 6.45) is 8.94. The Morgan fingerprint density at radius 3 is 2.58 bits per heavy atom. The van der Waals surface area contributed by atoms with Gasteiger partial charge in [-0.1, -0.05) is 0 Å². The molecular weight excluding hydrogens is 392 g/mol. The summed E-state index contributed by atoms with van der Waals surface area (Å²) in [5, 5.41) is 10.1. The van der Waals surface area contributed by atoms with Gasteiger partial charge in [0.1, 0.15) is 0 Å². The van der Waals surface area contributed by atoms with Crippen molar-refractivity contribution in [1.82, 2.24) is 15.0 Å². The first-order chi connectivity index (χ1) is 15.0. The van der Waals surface area contributed by atoms with Crippen LogP contribution in [0.25, 0.3) is 22.5 Å². The molecule has 3 aromatic rings. The van der Waals surface area contributed by atoms with Crippen LogP contribution in [0.4, 0.5) is 0 Å². The predicted molar refractivity (Wildman–Crippen MR) is 115 cm³/mol. The maximum absolute atomic E-state index is 12.3. The van der Waals surface area contributed by atoms with Crippen LogP contribution in [0.15, 0.2) is 30.6 Å². The van der Waals surface area contributed by atoms with Gasteiger partial charge in [-0.05, 0) is 61.8 Å². The van der Waals surface area contributed by atoms with Crippen LogP contribution >= 0.6 is 0 Å². The minimum atomic E-state index is -0.861. The smallest absolute Gasteiger partial charge is 0.337 e. The summed E-state index contributed by atoms with van der Waals surface area (Å²) >= 11 is 0. The number of carboxylic acid groups (broad SMARTS) is 1. The molecule has 2 saturated carbocycles. The van der Waals surface area contributed by atoms with E-state index in [1.807, 2.05) is 24.4 Å². The number of aromatic amines is 1. The quantitative estimate of drug-likeness (QED) is 0.587. The molecule has 0 saturated heterocycles. The molecule has 3 aromatic heterocycles. The van der Waals surface area contributed by atoms with Gasteiger partial charge in [0.25, 0.3) is 0 Å². The molecule has 0 amide bonds. The van der Waals surface area contributed by atoms with Gasteiger partial charge in [0.15, 0.2) is 0 Å². The van der Waals surface area contributed by atoms with Gasteiger partial charge in [0, 0.05) is 46.2 Å². The number of methoxy groups -OCH3 is 1. The first-order valence-electron chi connectivity index (χ1n) is 10.7. The lowest BCUT2D eigenvalue weighted by Crippen LogP contribution is -2.38. The van der Waals surface area contributed by atoms with Crippen molar-refractivity contribution >= 4 is 5.97 Å². The molecule has 4 N–H and O–H groups in total. The summed E-state index contributed by atoms with van der Waals surface area (Å²) in [5.74, 6) is -0.310. The highest BCUT2D eigenvalue weighted by Gasteiger charge is 2.66. The summed E-state index contributed by atoms with van der Waals surface area (Å²) < 4.78 is 5.15. The number of nitrogens with zero attached hydrogens (tertiary/aromatic N) is 2. The Bertz CT molecular complexity index is 1220. The van der Waals surface area contributed by atoms with Gasteiger partial charge in [0.2, 0.25) is 5.88 Å². The highest BCUT2D eigenvalue weighted by atomic mass is 16.5. The number of nitrogens with two attached hydrogens (primary N) is 1. The SMILES string of the molecule is COc1ccc(-c2cc3c(cn2)CCc2c-3[nH]c(C3(C4(N)CC4)CC3)c2C(=O)O)cn1. The third-order valence-electron chi connectivity index (χ3n) is 7.43. The van der Waals surface area contributed by atoms with Crippen molar-refractivity contribution in [3.8, 4) is 28.4 Å². The lowest BCUT2D eigenvalue weighted by Gasteiger charge is -2.22. The summed E-state index contributed by atoms with van der Waals surface area (Å²) in [6.45, 7) is 0.